The zero-order chi connectivity index (χ0) is 66.7. The number of carboxylic acids is 1. The minimum atomic E-state index is -3.11. The highest BCUT2D eigenvalue weighted by molar-refractivity contribution is 8.00. The van der Waals surface area contributed by atoms with Gasteiger partial charge < -0.3 is 45.1 Å². The van der Waals surface area contributed by atoms with Crippen LogP contribution in [0.5, 0.6) is 5.75 Å². The Morgan fingerprint density at radius 2 is 1.47 bits per heavy atom. The number of likely N-dealkylation sites (tertiary alicyclic amines) is 3. The number of unbranched alkanes of at least 4 members (excludes halogenated alkanes) is 1. The SMILES string of the molecule is C#C[C@H]1CC(F)(F)CN1C(=O)CNC(=O)c1ccnc2ccc(OCCCC3CCN(C(=O)CN4C(=O)CC(SC[C@H](CCCCNC(=O)CCCc5ccc(C)cc5)NC(=O)CN5CCN(COC=O)CCN(COC=O)CCN(CC(=O)O)CC5)C4=O)CC3)cc12. The van der Waals surface area contributed by atoms with Gasteiger partial charge in [0.05, 0.1) is 55.2 Å². The van der Waals surface area contributed by atoms with Crippen molar-refractivity contribution in [3.63, 3.8) is 0 Å². The Balaban J connectivity index is 0.876. The standard InChI is InChI=1S/C65H87F2N11O14S/c1-3-51-36-65(66,67)42-78(51)60(84)37-70-63(88)53-18-22-68-55-17-16-52(34-54(53)55)92-33-7-9-49-19-23-76(24-20-49)61(85)39-77-59(83)35-56(64(77)89)93-41-50(10-4-5-21-69-57(81)11-6-8-48-14-12-47(2)13-15-48)71-58(82)38-72-25-26-73(40-62(86)87)28-30-75(44-91-46-80)32-31-74(29-27-72)43-90-45-79/h1,12-18,22,34,45-46,49-51,56H,4-11,19-21,23-33,35-44H2,2H3,(H,69,81)(H,70,88)(H,71,82)(H,86,87)/t50-,51-,56?/m0/s1. The van der Waals surface area contributed by atoms with Crippen molar-refractivity contribution >= 4 is 82.9 Å². The molecular formula is C65H87F2N11O14S. The number of carbonyl (C=O) groups excluding carboxylic acids is 9. The van der Waals surface area contributed by atoms with Crippen LogP contribution in [0, 0.1) is 25.2 Å². The number of pyridine rings is 1. The van der Waals surface area contributed by atoms with Crippen molar-refractivity contribution in [1.82, 2.24) is 55.2 Å². The second kappa shape index (κ2) is 37.2. The van der Waals surface area contributed by atoms with Crippen LogP contribution in [0.2, 0.25) is 0 Å². The number of imide groups is 1. The van der Waals surface area contributed by atoms with E-state index < -0.39 is 72.4 Å². The number of terminal acetylenes is 1. The highest BCUT2D eigenvalue weighted by atomic mass is 32.2. The molecule has 4 aliphatic rings. The lowest BCUT2D eigenvalue weighted by Crippen LogP contribution is -2.50. The topological polar surface area (TPSA) is 290 Å². The molecule has 1 aromatic heterocycles. The lowest BCUT2D eigenvalue weighted by molar-refractivity contribution is -0.146. The molecule has 4 fully saturated rings. The number of amides is 7. The average molecular weight is 1320 g/mol. The molecule has 7 rings (SSSR count). The first-order valence-corrected chi connectivity index (χ1v) is 32.8. The van der Waals surface area contributed by atoms with Gasteiger partial charge in [0.15, 0.2) is 0 Å². The number of ether oxygens (including phenoxy) is 3. The second-order valence-corrected chi connectivity index (χ2v) is 25.3. The van der Waals surface area contributed by atoms with Gasteiger partial charge in [-0.05, 0) is 100 Å². The smallest absolute Gasteiger partial charge is 0.317 e. The summed E-state index contributed by atoms with van der Waals surface area (Å²) < 4.78 is 44.2. The van der Waals surface area contributed by atoms with Crippen molar-refractivity contribution < 1.29 is 76.0 Å². The van der Waals surface area contributed by atoms with Crippen LogP contribution in [0.3, 0.4) is 0 Å². The Labute approximate surface area is 545 Å². The molecule has 5 heterocycles. The van der Waals surface area contributed by atoms with Gasteiger partial charge in [0, 0.05) is 115 Å². The summed E-state index contributed by atoms with van der Waals surface area (Å²) >= 11 is 1.24. The maximum atomic E-state index is 14.1. The Kier molecular flexibility index (Phi) is 29.0. The Bertz CT molecular complexity index is 3080. The third-order valence-corrected chi connectivity index (χ3v) is 18.5. The number of carbonyl (C=O) groups is 10. The number of benzene rings is 2. The zero-order valence-corrected chi connectivity index (χ0v) is 53.7. The van der Waals surface area contributed by atoms with Gasteiger partial charge in [-0.1, -0.05) is 35.7 Å². The number of aryl methyl sites for hydroxylation is 2. The summed E-state index contributed by atoms with van der Waals surface area (Å²) in [6.45, 7) is 5.14. The van der Waals surface area contributed by atoms with Crippen LogP contribution in [0.4, 0.5) is 8.78 Å². The number of nitrogens with zero attached hydrogens (tertiary/aromatic N) is 8. The van der Waals surface area contributed by atoms with Gasteiger partial charge in [-0.3, -0.25) is 77.4 Å². The van der Waals surface area contributed by atoms with E-state index >= 15 is 0 Å². The molecule has 0 saturated carbocycles. The summed E-state index contributed by atoms with van der Waals surface area (Å²) in [7, 11) is 0. The van der Waals surface area contributed by atoms with E-state index in [0.29, 0.717) is 160 Å². The predicted octanol–water partition coefficient (Wildman–Crippen LogP) is 2.76. The van der Waals surface area contributed by atoms with Gasteiger partial charge in [0.2, 0.25) is 35.4 Å². The molecular weight excluding hydrogens is 1230 g/mol. The van der Waals surface area contributed by atoms with Gasteiger partial charge >= 0.3 is 5.97 Å². The molecule has 28 heteroatoms. The maximum absolute atomic E-state index is 14.1. The van der Waals surface area contributed by atoms with Gasteiger partial charge in [0.1, 0.15) is 25.8 Å². The summed E-state index contributed by atoms with van der Waals surface area (Å²) in [6.07, 6.45) is 12.6. The first-order chi connectivity index (χ1) is 44.8. The van der Waals surface area contributed by atoms with Crippen molar-refractivity contribution in [2.45, 2.75) is 107 Å². The van der Waals surface area contributed by atoms with E-state index in [-0.39, 0.29) is 74.5 Å². The highest BCUT2D eigenvalue weighted by Gasteiger charge is 2.46. The third-order valence-electron chi connectivity index (χ3n) is 17.1. The first-order valence-electron chi connectivity index (χ1n) is 31.8. The quantitative estimate of drug-likeness (QED) is 0.0295. The van der Waals surface area contributed by atoms with Crippen molar-refractivity contribution in [3.8, 4) is 18.1 Å². The third kappa shape index (κ3) is 23.9. The number of hydrogen-bond donors (Lipinski definition) is 4. The molecule has 25 nitrogen and oxygen atoms in total. The van der Waals surface area contributed by atoms with E-state index in [2.05, 4.69) is 39.0 Å². The fourth-order valence-electron chi connectivity index (χ4n) is 11.8. The van der Waals surface area contributed by atoms with E-state index in [4.69, 9.17) is 20.6 Å². The molecule has 3 atom stereocenters. The number of nitrogens with one attached hydrogen (secondary N) is 3. The molecule has 0 spiro atoms. The van der Waals surface area contributed by atoms with Gasteiger partial charge in [0.25, 0.3) is 24.8 Å². The number of halogens is 2. The van der Waals surface area contributed by atoms with Crippen molar-refractivity contribution in [2.24, 2.45) is 5.92 Å². The highest BCUT2D eigenvalue weighted by Crippen LogP contribution is 2.32. The molecule has 1 unspecified atom stereocenters. The largest absolute Gasteiger partial charge is 0.494 e. The van der Waals surface area contributed by atoms with Crippen molar-refractivity contribution in [3.05, 3.63) is 71.4 Å². The maximum Gasteiger partial charge on any atom is 0.317 e. The molecule has 4 aliphatic heterocycles. The minimum absolute atomic E-state index is 0.0109. The Morgan fingerprint density at radius 1 is 0.806 bits per heavy atom. The number of fused-ring (bicyclic) bond motifs is 1. The number of carboxylic acid groups (broad SMARTS) is 1. The summed E-state index contributed by atoms with van der Waals surface area (Å²) in [4.78, 5) is 143. The van der Waals surface area contributed by atoms with Crippen LogP contribution in [-0.2, 0) is 59.0 Å². The van der Waals surface area contributed by atoms with Crippen molar-refractivity contribution in [1.29, 1.82) is 0 Å². The molecule has 4 N–H and O–H groups in total. The van der Waals surface area contributed by atoms with Crippen LogP contribution < -0.4 is 20.7 Å². The molecule has 4 saturated heterocycles. The molecule has 7 amide bonds. The molecule has 0 bridgehead atoms. The average Bonchev–Trinajstić information content (AvgIpc) is 1.82. The lowest BCUT2D eigenvalue weighted by atomic mass is 9.92. The fraction of sp³-hybridized carbons (Fsp3) is 0.585. The van der Waals surface area contributed by atoms with E-state index in [1.54, 1.807) is 28.0 Å². The number of thioether (sulfide) groups is 1. The van der Waals surface area contributed by atoms with E-state index in [1.165, 1.54) is 35.2 Å². The van der Waals surface area contributed by atoms with E-state index in [1.807, 2.05) is 33.8 Å². The number of piperidine rings is 1. The Hall–Kier alpha value is -7.84. The molecule has 93 heavy (non-hydrogen) atoms. The molecule has 506 valence electrons. The molecule has 0 radical (unpaired) electrons. The normalized spacial score (nSPS) is 19.2. The van der Waals surface area contributed by atoms with Crippen LogP contribution in [0.25, 0.3) is 10.9 Å². The summed E-state index contributed by atoms with van der Waals surface area (Å²) in [5.41, 5.74) is 3.06. The van der Waals surface area contributed by atoms with E-state index in [0.717, 1.165) is 22.6 Å². The van der Waals surface area contributed by atoms with Crippen LogP contribution in [0.15, 0.2) is 54.7 Å². The van der Waals surface area contributed by atoms with Crippen LogP contribution >= 0.6 is 11.8 Å². The molecule has 2 aromatic carbocycles. The predicted molar refractivity (Wildman–Crippen MR) is 340 cm³/mol. The minimum Gasteiger partial charge on any atom is -0.494 e. The summed E-state index contributed by atoms with van der Waals surface area (Å²) in [6, 6.07) is 13.3. The Morgan fingerprint density at radius 3 is 2.13 bits per heavy atom. The number of alkyl halides is 2. The van der Waals surface area contributed by atoms with Crippen molar-refractivity contribution in [2.75, 3.05) is 131 Å². The second-order valence-electron chi connectivity index (χ2n) is 24.1. The monoisotopic (exact) mass is 1320 g/mol. The number of rotatable bonds is 33. The lowest BCUT2D eigenvalue weighted by Gasteiger charge is -2.33. The summed E-state index contributed by atoms with van der Waals surface area (Å²) in [5, 5.41) is 18.1. The van der Waals surface area contributed by atoms with Gasteiger partial charge in [-0.15, -0.1) is 18.2 Å². The first kappa shape index (κ1) is 72.6. The fourth-order valence-corrected chi connectivity index (χ4v) is 13.0. The van der Waals surface area contributed by atoms with E-state index in [9.17, 15) is 61.8 Å². The van der Waals surface area contributed by atoms with Crippen LogP contribution in [-0.4, -0.2) is 258 Å². The molecule has 3 aromatic rings. The number of hydrogen-bond acceptors (Lipinski definition) is 19. The molecule has 0 aliphatic carbocycles. The van der Waals surface area contributed by atoms with Crippen LogP contribution in [0.1, 0.15) is 92.1 Å². The van der Waals surface area contributed by atoms with Gasteiger partial charge in [-0.25, -0.2) is 8.78 Å². The summed E-state index contributed by atoms with van der Waals surface area (Å²) in [5.74, 6) is -3.81. The number of aromatic nitrogens is 1. The zero-order valence-electron chi connectivity index (χ0n) is 52.9. The number of aliphatic carboxylic acids is 1. The van der Waals surface area contributed by atoms with Gasteiger partial charge in [-0.2, -0.15) is 0 Å².